The lowest BCUT2D eigenvalue weighted by atomic mass is 9.92. The minimum atomic E-state index is -0.669. The van der Waals surface area contributed by atoms with E-state index in [2.05, 4.69) is 5.32 Å². The number of hydrogen-bond acceptors (Lipinski definition) is 6. The fourth-order valence-electron chi connectivity index (χ4n) is 2.88. The maximum atomic E-state index is 12.2. The molecular formula is C19H27NO6. The second-order valence-electron chi connectivity index (χ2n) is 7.31. The summed E-state index contributed by atoms with van der Waals surface area (Å²) >= 11 is 0. The van der Waals surface area contributed by atoms with Crippen molar-refractivity contribution in [1.29, 1.82) is 0 Å². The van der Waals surface area contributed by atoms with Crippen LogP contribution in [0.25, 0.3) is 0 Å². The van der Waals surface area contributed by atoms with Crippen molar-refractivity contribution in [2.24, 2.45) is 5.92 Å². The van der Waals surface area contributed by atoms with Crippen LogP contribution in [0.5, 0.6) is 17.2 Å². The van der Waals surface area contributed by atoms with Crippen LogP contribution in [-0.4, -0.2) is 46.8 Å². The highest BCUT2D eigenvalue weighted by atomic mass is 16.5. The number of nitrogens with one attached hydrogen (secondary N) is 1. The molecule has 1 aromatic rings. The summed E-state index contributed by atoms with van der Waals surface area (Å²) in [7, 11) is 0. The highest BCUT2D eigenvalue weighted by molar-refractivity contribution is 6.03. The molecule has 2 rings (SSSR count). The van der Waals surface area contributed by atoms with Gasteiger partial charge in [0.2, 0.25) is 0 Å². The molecule has 0 aromatic heterocycles. The van der Waals surface area contributed by atoms with E-state index in [0.29, 0.717) is 0 Å². The Hall–Kier alpha value is -2.28. The van der Waals surface area contributed by atoms with Crippen molar-refractivity contribution in [1.82, 2.24) is 5.32 Å². The van der Waals surface area contributed by atoms with Crippen LogP contribution in [-0.2, 0) is 4.79 Å². The first-order valence-corrected chi connectivity index (χ1v) is 8.79. The molecule has 0 bridgehead atoms. The van der Waals surface area contributed by atoms with E-state index < -0.39 is 5.60 Å². The van der Waals surface area contributed by atoms with Crippen LogP contribution in [0, 0.1) is 5.92 Å². The molecule has 0 radical (unpaired) electrons. The van der Waals surface area contributed by atoms with Gasteiger partial charge in [-0.05, 0) is 19.8 Å². The summed E-state index contributed by atoms with van der Waals surface area (Å²) in [6.07, 6.45) is 1.00. The fraction of sp³-hybridized carbons (Fsp3) is 0.579. The molecule has 7 nitrogen and oxygen atoms in total. The van der Waals surface area contributed by atoms with E-state index in [1.807, 2.05) is 13.8 Å². The minimum Gasteiger partial charge on any atom is -0.507 e. The maximum absolute atomic E-state index is 12.2. The van der Waals surface area contributed by atoms with Gasteiger partial charge in [0.25, 0.3) is 5.91 Å². The van der Waals surface area contributed by atoms with E-state index in [4.69, 9.17) is 9.47 Å². The Labute approximate surface area is 153 Å². The number of phenols is 1. The summed E-state index contributed by atoms with van der Waals surface area (Å²) in [5, 5.41) is 22.2. The Bertz CT molecular complexity index is 685. The summed E-state index contributed by atoms with van der Waals surface area (Å²) in [5.41, 5.74) is -0.532. The standard InChI is InChI=1S/C19H27NO6/c1-5-11(2)13(9-21)20-17(24)10-25-12-6-14(22)18-15(23)8-19(3,4)26-16(18)7-12/h6-7,11,13,21-22H,5,8-10H2,1-4H3,(H,20,24). The van der Waals surface area contributed by atoms with Crippen LogP contribution in [0.2, 0.25) is 0 Å². The molecule has 0 spiro atoms. The molecule has 0 saturated heterocycles. The maximum Gasteiger partial charge on any atom is 0.258 e. The molecule has 1 aliphatic rings. The number of phenolic OH excluding ortho intramolecular Hbond substituents is 1. The molecule has 1 aliphatic heterocycles. The number of carbonyl (C=O) groups excluding carboxylic acids is 2. The molecule has 1 heterocycles. The Morgan fingerprint density at radius 3 is 2.73 bits per heavy atom. The van der Waals surface area contributed by atoms with Crippen molar-refractivity contribution in [2.75, 3.05) is 13.2 Å². The molecule has 0 aliphatic carbocycles. The molecule has 0 fully saturated rings. The third-order valence-corrected chi connectivity index (χ3v) is 4.55. The van der Waals surface area contributed by atoms with E-state index in [-0.39, 0.29) is 66.1 Å². The van der Waals surface area contributed by atoms with Crippen molar-refractivity contribution in [3.8, 4) is 17.2 Å². The molecule has 26 heavy (non-hydrogen) atoms. The number of aliphatic hydroxyl groups is 1. The molecule has 1 amide bonds. The van der Waals surface area contributed by atoms with Gasteiger partial charge in [-0.1, -0.05) is 20.3 Å². The number of hydrogen-bond donors (Lipinski definition) is 3. The lowest BCUT2D eigenvalue weighted by Crippen LogP contribution is -2.43. The number of amides is 1. The topological polar surface area (TPSA) is 105 Å². The lowest BCUT2D eigenvalue weighted by Gasteiger charge is -2.32. The van der Waals surface area contributed by atoms with Gasteiger partial charge in [0.05, 0.1) is 19.1 Å². The van der Waals surface area contributed by atoms with Gasteiger partial charge in [-0.2, -0.15) is 0 Å². The first-order chi connectivity index (χ1) is 12.2. The van der Waals surface area contributed by atoms with E-state index in [0.717, 1.165) is 6.42 Å². The summed E-state index contributed by atoms with van der Waals surface area (Å²) in [5.74, 6) is -0.193. The second kappa shape index (κ2) is 7.95. The number of rotatable bonds is 7. The number of aliphatic hydroxyl groups excluding tert-OH is 1. The van der Waals surface area contributed by atoms with E-state index >= 15 is 0 Å². The zero-order chi connectivity index (χ0) is 19.5. The quantitative estimate of drug-likeness (QED) is 0.683. The zero-order valence-corrected chi connectivity index (χ0v) is 15.7. The number of ketones is 1. The summed E-state index contributed by atoms with van der Waals surface area (Å²) in [6, 6.07) is 2.46. The molecule has 7 heteroatoms. The molecule has 1 aromatic carbocycles. The van der Waals surface area contributed by atoms with Gasteiger partial charge in [-0.25, -0.2) is 0 Å². The monoisotopic (exact) mass is 365 g/mol. The van der Waals surface area contributed by atoms with E-state index in [1.165, 1.54) is 12.1 Å². The highest BCUT2D eigenvalue weighted by Gasteiger charge is 2.35. The van der Waals surface area contributed by atoms with Crippen LogP contribution >= 0.6 is 0 Å². The Morgan fingerprint density at radius 1 is 1.42 bits per heavy atom. The first-order valence-electron chi connectivity index (χ1n) is 8.79. The Kier molecular flexibility index (Phi) is 6.13. The zero-order valence-electron chi connectivity index (χ0n) is 15.7. The van der Waals surface area contributed by atoms with Crippen LogP contribution < -0.4 is 14.8 Å². The van der Waals surface area contributed by atoms with Crippen molar-refractivity contribution < 1.29 is 29.3 Å². The number of benzene rings is 1. The normalized spacial score (nSPS) is 17.7. The van der Waals surface area contributed by atoms with Crippen LogP contribution in [0.1, 0.15) is 50.9 Å². The number of aromatic hydroxyl groups is 1. The van der Waals surface area contributed by atoms with E-state index in [9.17, 15) is 19.8 Å². The third kappa shape index (κ3) is 4.66. The molecular weight excluding hydrogens is 338 g/mol. The predicted octanol–water partition coefficient (Wildman–Crippen LogP) is 2.04. The number of Topliss-reactive ketones (excluding diaryl/α,β-unsaturated/α-hetero) is 1. The van der Waals surface area contributed by atoms with Crippen LogP contribution in [0.15, 0.2) is 12.1 Å². The van der Waals surface area contributed by atoms with Gasteiger partial charge in [0.1, 0.15) is 28.4 Å². The SMILES string of the molecule is CCC(C)C(CO)NC(=O)COc1cc(O)c2c(c1)OC(C)(C)CC2=O. The average molecular weight is 365 g/mol. The average Bonchev–Trinajstić information content (AvgIpc) is 2.55. The lowest BCUT2D eigenvalue weighted by molar-refractivity contribution is -0.124. The van der Waals surface area contributed by atoms with Crippen molar-refractivity contribution >= 4 is 11.7 Å². The Morgan fingerprint density at radius 2 is 2.12 bits per heavy atom. The van der Waals surface area contributed by atoms with Crippen LogP contribution in [0.4, 0.5) is 0 Å². The second-order valence-corrected chi connectivity index (χ2v) is 7.31. The molecule has 0 saturated carbocycles. The van der Waals surface area contributed by atoms with Crippen LogP contribution in [0.3, 0.4) is 0 Å². The van der Waals surface area contributed by atoms with Gasteiger partial charge >= 0.3 is 0 Å². The largest absolute Gasteiger partial charge is 0.507 e. The minimum absolute atomic E-state index is 0.137. The van der Waals surface area contributed by atoms with Gasteiger partial charge in [-0.15, -0.1) is 0 Å². The number of fused-ring (bicyclic) bond motifs is 1. The molecule has 2 unspecified atom stereocenters. The summed E-state index contributed by atoms with van der Waals surface area (Å²) in [6.45, 7) is 7.08. The van der Waals surface area contributed by atoms with Crippen molar-refractivity contribution in [3.05, 3.63) is 17.7 Å². The summed E-state index contributed by atoms with van der Waals surface area (Å²) in [4.78, 5) is 24.2. The predicted molar refractivity (Wildman–Crippen MR) is 95.7 cm³/mol. The van der Waals surface area contributed by atoms with Gasteiger partial charge in [0.15, 0.2) is 12.4 Å². The summed E-state index contributed by atoms with van der Waals surface area (Å²) < 4.78 is 11.2. The Balaban J connectivity index is 2.06. The molecule has 144 valence electrons. The molecule has 2 atom stereocenters. The third-order valence-electron chi connectivity index (χ3n) is 4.55. The van der Waals surface area contributed by atoms with Gasteiger partial charge in [0, 0.05) is 12.1 Å². The number of carbonyl (C=O) groups is 2. The van der Waals surface area contributed by atoms with Gasteiger partial charge in [-0.3, -0.25) is 9.59 Å². The molecule has 3 N–H and O–H groups in total. The van der Waals surface area contributed by atoms with E-state index in [1.54, 1.807) is 13.8 Å². The van der Waals surface area contributed by atoms with Gasteiger partial charge < -0.3 is 25.0 Å². The highest BCUT2D eigenvalue weighted by Crippen LogP contribution is 2.40. The first kappa shape index (κ1) is 20.0. The van der Waals surface area contributed by atoms with Crippen molar-refractivity contribution in [2.45, 2.75) is 52.2 Å². The smallest absolute Gasteiger partial charge is 0.258 e. The van der Waals surface area contributed by atoms with Crippen molar-refractivity contribution in [3.63, 3.8) is 0 Å². The fourth-order valence-corrected chi connectivity index (χ4v) is 2.88. The number of ether oxygens (including phenoxy) is 2.